The highest BCUT2D eigenvalue weighted by atomic mass is 32.1. The number of aromatic nitrogens is 2. The van der Waals surface area contributed by atoms with E-state index in [0.29, 0.717) is 16.5 Å². The zero-order chi connectivity index (χ0) is 11.8. The zero-order valence-corrected chi connectivity index (χ0v) is 9.74. The van der Waals surface area contributed by atoms with Gasteiger partial charge in [0, 0.05) is 17.5 Å². The van der Waals surface area contributed by atoms with Crippen LogP contribution in [0, 0.1) is 0 Å². The maximum absolute atomic E-state index is 11.3. The van der Waals surface area contributed by atoms with Gasteiger partial charge in [-0.15, -0.1) is 11.3 Å². The molecule has 0 aromatic carbocycles. The van der Waals surface area contributed by atoms with E-state index in [1.807, 2.05) is 0 Å². The number of aromatic carboxylic acids is 1. The molecule has 0 spiro atoms. The van der Waals surface area contributed by atoms with Crippen molar-refractivity contribution in [3.8, 4) is 10.7 Å². The third kappa shape index (κ3) is 1.64. The molecular weight excluding hydrogens is 240 g/mol. The number of thiazole rings is 1. The minimum absolute atomic E-state index is 0.185. The van der Waals surface area contributed by atoms with Gasteiger partial charge in [0.05, 0.1) is 0 Å². The number of hydrogen-bond donors (Lipinski definition) is 1. The minimum Gasteiger partial charge on any atom is -0.477 e. The number of hydrogen-bond acceptors (Lipinski definition) is 5. The van der Waals surface area contributed by atoms with E-state index in [-0.39, 0.29) is 11.5 Å². The highest BCUT2D eigenvalue weighted by Gasteiger charge is 2.32. The number of nitrogens with zero attached hydrogens (tertiary/aromatic N) is 2. The minimum atomic E-state index is -0.988. The Hall–Kier alpha value is -1.69. The van der Waals surface area contributed by atoms with Crippen molar-refractivity contribution in [2.24, 2.45) is 0 Å². The molecule has 1 aliphatic rings. The van der Waals surface area contributed by atoms with Gasteiger partial charge in [-0.25, -0.2) is 9.78 Å². The number of carboxylic acid groups (broad SMARTS) is 1. The summed E-state index contributed by atoms with van der Waals surface area (Å²) in [4.78, 5) is 15.4. The Morgan fingerprint density at radius 1 is 1.53 bits per heavy atom. The second-order valence-corrected chi connectivity index (χ2v) is 4.94. The van der Waals surface area contributed by atoms with E-state index in [1.54, 1.807) is 11.6 Å². The van der Waals surface area contributed by atoms with E-state index in [1.165, 1.54) is 11.3 Å². The highest BCUT2D eigenvalue weighted by molar-refractivity contribution is 7.13. The molecule has 17 heavy (non-hydrogen) atoms. The van der Waals surface area contributed by atoms with Gasteiger partial charge in [-0.05, 0) is 12.8 Å². The Balaban J connectivity index is 2.10. The first kappa shape index (κ1) is 10.5. The molecular formula is C11H10N2O3S. The molecule has 3 rings (SSSR count). The van der Waals surface area contributed by atoms with Crippen LogP contribution in [0.1, 0.15) is 41.3 Å². The lowest BCUT2D eigenvalue weighted by Gasteiger charge is -2.22. The summed E-state index contributed by atoms with van der Waals surface area (Å²) >= 11 is 1.36. The Morgan fingerprint density at radius 2 is 2.35 bits per heavy atom. The third-order valence-corrected chi connectivity index (χ3v) is 3.82. The standard InChI is InChI=1S/C11H10N2O3S/c14-11(15)7-8(10-12-4-5-17-10)13-16-9(7)6-2-1-3-6/h4-6H,1-3H2,(H,14,15). The second-order valence-electron chi connectivity index (χ2n) is 4.04. The summed E-state index contributed by atoms with van der Waals surface area (Å²) in [5.41, 5.74) is 0.541. The van der Waals surface area contributed by atoms with Crippen molar-refractivity contribution in [3.63, 3.8) is 0 Å². The van der Waals surface area contributed by atoms with Gasteiger partial charge in [0.1, 0.15) is 10.6 Å². The predicted molar refractivity (Wildman–Crippen MR) is 61.2 cm³/mol. The Labute approximate surface area is 101 Å². The molecule has 0 saturated heterocycles. The first-order valence-corrected chi connectivity index (χ1v) is 6.28. The van der Waals surface area contributed by atoms with Crippen LogP contribution in [0.3, 0.4) is 0 Å². The van der Waals surface area contributed by atoms with Crippen LogP contribution in [0.4, 0.5) is 0 Å². The lowest BCUT2D eigenvalue weighted by molar-refractivity contribution is 0.0693. The summed E-state index contributed by atoms with van der Waals surface area (Å²) in [6.07, 6.45) is 4.71. The lowest BCUT2D eigenvalue weighted by Crippen LogP contribution is -2.12. The van der Waals surface area contributed by atoms with Crippen molar-refractivity contribution in [1.82, 2.24) is 10.1 Å². The molecule has 1 aliphatic carbocycles. The van der Waals surface area contributed by atoms with E-state index in [0.717, 1.165) is 19.3 Å². The molecule has 88 valence electrons. The summed E-state index contributed by atoms with van der Waals surface area (Å²) < 4.78 is 5.22. The number of carboxylic acids is 1. The Bertz CT molecular complexity index is 543. The first-order chi connectivity index (χ1) is 8.27. The summed E-state index contributed by atoms with van der Waals surface area (Å²) in [5, 5.41) is 15.5. The van der Waals surface area contributed by atoms with Crippen molar-refractivity contribution in [3.05, 3.63) is 22.9 Å². The van der Waals surface area contributed by atoms with E-state index >= 15 is 0 Å². The van der Waals surface area contributed by atoms with Crippen LogP contribution in [0.25, 0.3) is 10.7 Å². The van der Waals surface area contributed by atoms with Crippen molar-refractivity contribution < 1.29 is 14.4 Å². The van der Waals surface area contributed by atoms with Gasteiger partial charge in [-0.2, -0.15) is 0 Å². The van der Waals surface area contributed by atoms with Crippen LogP contribution in [0.15, 0.2) is 16.1 Å². The molecule has 1 fully saturated rings. The lowest BCUT2D eigenvalue weighted by atomic mass is 9.82. The van der Waals surface area contributed by atoms with Crippen molar-refractivity contribution in [1.29, 1.82) is 0 Å². The predicted octanol–water partition coefficient (Wildman–Crippen LogP) is 2.76. The topological polar surface area (TPSA) is 76.2 Å². The molecule has 1 saturated carbocycles. The maximum atomic E-state index is 11.3. The average molecular weight is 250 g/mol. The molecule has 2 aromatic rings. The molecule has 6 heteroatoms. The largest absolute Gasteiger partial charge is 0.477 e. The fourth-order valence-electron chi connectivity index (χ4n) is 1.94. The summed E-state index contributed by atoms with van der Waals surface area (Å²) in [6, 6.07) is 0. The van der Waals surface area contributed by atoms with Crippen molar-refractivity contribution in [2.45, 2.75) is 25.2 Å². The molecule has 0 bridgehead atoms. The van der Waals surface area contributed by atoms with Gasteiger partial charge < -0.3 is 9.63 Å². The smallest absolute Gasteiger partial charge is 0.341 e. The molecule has 0 aliphatic heterocycles. The second kappa shape index (κ2) is 3.96. The molecule has 0 atom stereocenters. The monoisotopic (exact) mass is 250 g/mol. The van der Waals surface area contributed by atoms with Crippen molar-refractivity contribution in [2.75, 3.05) is 0 Å². The van der Waals surface area contributed by atoms with Gasteiger partial charge in [0.15, 0.2) is 11.5 Å². The van der Waals surface area contributed by atoms with E-state index in [9.17, 15) is 9.90 Å². The fourth-order valence-corrected chi connectivity index (χ4v) is 2.57. The third-order valence-electron chi connectivity index (χ3n) is 3.04. The maximum Gasteiger partial charge on any atom is 0.341 e. The molecule has 0 amide bonds. The quantitative estimate of drug-likeness (QED) is 0.906. The van der Waals surface area contributed by atoms with Crippen LogP contribution >= 0.6 is 11.3 Å². The Morgan fingerprint density at radius 3 is 2.88 bits per heavy atom. The van der Waals surface area contributed by atoms with Gasteiger partial charge in [0.25, 0.3) is 0 Å². The van der Waals surface area contributed by atoms with Crippen LogP contribution in [-0.4, -0.2) is 21.2 Å². The normalized spacial score (nSPS) is 15.8. The van der Waals surface area contributed by atoms with Gasteiger partial charge in [-0.1, -0.05) is 11.6 Å². The molecule has 5 nitrogen and oxygen atoms in total. The number of rotatable bonds is 3. The summed E-state index contributed by atoms with van der Waals surface area (Å²) in [6.45, 7) is 0. The summed E-state index contributed by atoms with van der Waals surface area (Å²) in [7, 11) is 0. The van der Waals surface area contributed by atoms with Crippen LogP contribution in [0.2, 0.25) is 0 Å². The highest BCUT2D eigenvalue weighted by Crippen LogP contribution is 2.40. The van der Waals surface area contributed by atoms with Gasteiger partial charge >= 0.3 is 5.97 Å². The van der Waals surface area contributed by atoms with Gasteiger partial charge in [0.2, 0.25) is 0 Å². The van der Waals surface area contributed by atoms with Crippen LogP contribution in [-0.2, 0) is 0 Å². The molecule has 0 unspecified atom stereocenters. The average Bonchev–Trinajstić information content (AvgIpc) is 2.80. The molecule has 1 N–H and O–H groups in total. The van der Waals surface area contributed by atoms with Crippen molar-refractivity contribution >= 4 is 17.3 Å². The molecule has 2 heterocycles. The van der Waals surface area contributed by atoms with Crippen LogP contribution < -0.4 is 0 Å². The van der Waals surface area contributed by atoms with E-state index in [2.05, 4.69) is 10.1 Å². The van der Waals surface area contributed by atoms with E-state index in [4.69, 9.17) is 4.52 Å². The zero-order valence-electron chi connectivity index (χ0n) is 8.92. The van der Waals surface area contributed by atoms with E-state index < -0.39 is 5.97 Å². The first-order valence-electron chi connectivity index (χ1n) is 5.40. The SMILES string of the molecule is O=C(O)c1c(-c2nccs2)noc1C1CCC1. The molecule has 2 aromatic heterocycles. The molecule has 0 radical (unpaired) electrons. The number of carbonyl (C=O) groups is 1. The Kier molecular flexibility index (Phi) is 2.44. The van der Waals surface area contributed by atoms with Crippen LogP contribution in [0.5, 0.6) is 0 Å². The summed E-state index contributed by atoms with van der Waals surface area (Å²) in [5.74, 6) is -0.269. The fraction of sp³-hybridized carbons (Fsp3) is 0.364. The van der Waals surface area contributed by atoms with Gasteiger partial charge in [-0.3, -0.25) is 0 Å².